The maximum absolute atomic E-state index is 10.4. The minimum Gasteiger partial charge on any atom is -0.439 e. The Morgan fingerprint density at radius 1 is 0.700 bits per heavy atom. The second kappa shape index (κ2) is 12.2. The topological polar surface area (TPSA) is 231 Å². The molecule has 3 aromatic carbocycles. The summed E-state index contributed by atoms with van der Waals surface area (Å²) in [6.07, 6.45) is 0. The van der Waals surface area contributed by atoms with E-state index in [4.69, 9.17) is 40.8 Å². The standard InChI is InChI=1S/C8H5ClN2O3.C8H6N2O4.C8H8N2O2/c9-4-8-10-6-3-5(11(12)13)1-2-7(6)14-8;11-4-8-9-6-3-5(10(12)13)1-2-7(6)14-8;9-5-1-2-7-6(3-5)10-8(4-11)12-7/h1-3H,4H2;1-3,11H,4H2;1-3,11H,4,9H2. The second-order valence-corrected chi connectivity index (χ2v) is 8.09. The van der Waals surface area contributed by atoms with Crippen LogP contribution in [-0.4, -0.2) is 35.0 Å². The number of aromatic nitrogens is 3. The van der Waals surface area contributed by atoms with E-state index in [0.29, 0.717) is 50.8 Å². The predicted octanol–water partition coefficient (Wildman–Crippen LogP) is 4.61. The van der Waals surface area contributed by atoms with Crippen LogP contribution in [0.4, 0.5) is 17.1 Å². The Morgan fingerprint density at radius 2 is 1.10 bits per heavy atom. The van der Waals surface area contributed by atoms with Crippen molar-refractivity contribution in [3.05, 3.63) is 92.5 Å². The molecule has 15 nitrogen and oxygen atoms in total. The number of halogens is 1. The monoisotopic (exact) mass is 570 g/mol. The Morgan fingerprint density at radius 3 is 1.52 bits per heavy atom. The van der Waals surface area contributed by atoms with E-state index in [2.05, 4.69) is 15.0 Å². The second-order valence-electron chi connectivity index (χ2n) is 7.82. The van der Waals surface area contributed by atoms with E-state index >= 15 is 0 Å². The highest BCUT2D eigenvalue weighted by Crippen LogP contribution is 2.23. The van der Waals surface area contributed by atoms with Crippen LogP contribution in [0.3, 0.4) is 0 Å². The number of anilines is 1. The van der Waals surface area contributed by atoms with E-state index in [1.165, 1.54) is 36.4 Å². The van der Waals surface area contributed by atoms with E-state index in [1.807, 2.05) is 0 Å². The smallest absolute Gasteiger partial charge is 0.271 e. The zero-order chi connectivity index (χ0) is 28.8. The van der Waals surface area contributed by atoms with Gasteiger partial charge in [0.25, 0.3) is 11.4 Å². The van der Waals surface area contributed by atoms with Gasteiger partial charge in [-0.25, -0.2) is 15.0 Å². The lowest BCUT2D eigenvalue weighted by molar-refractivity contribution is -0.384. The maximum Gasteiger partial charge on any atom is 0.271 e. The number of aliphatic hydroxyl groups excluding tert-OH is 2. The molecule has 0 aliphatic heterocycles. The number of alkyl halides is 1. The molecule has 0 radical (unpaired) electrons. The molecule has 0 atom stereocenters. The zero-order valence-electron chi connectivity index (χ0n) is 20.3. The van der Waals surface area contributed by atoms with Crippen LogP contribution in [0.1, 0.15) is 17.7 Å². The Hall–Kier alpha value is -5.12. The highest BCUT2D eigenvalue weighted by molar-refractivity contribution is 6.16. The molecule has 40 heavy (non-hydrogen) atoms. The van der Waals surface area contributed by atoms with Gasteiger partial charge >= 0.3 is 0 Å². The molecule has 3 heterocycles. The molecule has 0 aliphatic carbocycles. The Labute approximate surface area is 227 Å². The summed E-state index contributed by atoms with van der Waals surface area (Å²) in [5, 5.41) is 38.3. The molecule has 0 fully saturated rings. The first kappa shape index (κ1) is 27.9. The third kappa shape index (κ3) is 6.47. The molecule has 4 N–H and O–H groups in total. The molecule has 206 valence electrons. The average Bonchev–Trinajstić information content (AvgIpc) is 3.68. The number of nitrogen functional groups attached to an aromatic ring is 1. The summed E-state index contributed by atoms with van der Waals surface area (Å²) in [6.45, 7) is -0.503. The van der Waals surface area contributed by atoms with E-state index < -0.39 is 9.85 Å². The van der Waals surface area contributed by atoms with Crippen molar-refractivity contribution < 1.29 is 33.3 Å². The van der Waals surface area contributed by atoms with Crippen molar-refractivity contribution in [2.75, 3.05) is 5.73 Å². The number of non-ortho nitro benzene ring substituents is 2. The Balaban J connectivity index is 0.000000139. The van der Waals surface area contributed by atoms with Crippen molar-refractivity contribution in [1.29, 1.82) is 0 Å². The number of fused-ring (bicyclic) bond motifs is 3. The number of nitrogens with zero attached hydrogens (tertiary/aromatic N) is 5. The van der Waals surface area contributed by atoms with Gasteiger partial charge in [-0.1, -0.05) is 0 Å². The molecular formula is C24H19ClN6O9. The molecule has 0 amide bonds. The van der Waals surface area contributed by atoms with Gasteiger partial charge in [-0.05, 0) is 30.3 Å². The first-order valence-corrected chi connectivity index (χ1v) is 11.7. The summed E-state index contributed by atoms with van der Waals surface area (Å²) in [5.41, 5.74) is 9.21. The van der Waals surface area contributed by atoms with Gasteiger partial charge in [0.1, 0.15) is 29.8 Å². The number of benzene rings is 3. The van der Waals surface area contributed by atoms with Gasteiger partial charge in [0.15, 0.2) is 16.7 Å². The highest BCUT2D eigenvalue weighted by Gasteiger charge is 2.12. The summed E-state index contributed by atoms with van der Waals surface area (Å²) in [5.74, 6) is 0.987. The van der Waals surface area contributed by atoms with Crippen LogP contribution in [-0.2, 0) is 19.1 Å². The fourth-order valence-corrected chi connectivity index (χ4v) is 3.45. The molecule has 0 unspecified atom stereocenters. The normalized spacial score (nSPS) is 10.7. The molecule has 6 rings (SSSR count). The van der Waals surface area contributed by atoms with Crippen LogP contribution in [0, 0.1) is 20.2 Å². The summed E-state index contributed by atoms with van der Waals surface area (Å²) >= 11 is 5.51. The maximum atomic E-state index is 10.4. The third-order valence-corrected chi connectivity index (χ3v) is 5.32. The van der Waals surface area contributed by atoms with Crippen LogP contribution in [0.25, 0.3) is 33.3 Å². The van der Waals surface area contributed by atoms with Crippen molar-refractivity contribution in [1.82, 2.24) is 15.0 Å². The SMILES string of the molecule is Nc1ccc2oc(CO)nc2c1.O=[N+]([O-])c1ccc2oc(CCl)nc2c1.O=[N+]([O-])c1ccc2oc(CO)nc2c1. The zero-order valence-corrected chi connectivity index (χ0v) is 21.0. The molecule has 0 bridgehead atoms. The highest BCUT2D eigenvalue weighted by atomic mass is 35.5. The molecule has 6 aromatic rings. The number of nitro groups is 2. The lowest BCUT2D eigenvalue weighted by Gasteiger charge is -1.88. The van der Waals surface area contributed by atoms with Crippen molar-refractivity contribution >= 4 is 62.0 Å². The third-order valence-electron chi connectivity index (χ3n) is 5.09. The number of nitro benzene ring substituents is 2. The summed E-state index contributed by atoms with van der Waals surface area (Å²) in [6, 6.07) is 13.5. The Bertz CT molecular complexity index is 1720. The minimum atomic E-state index is -0.507. The lowest BCUT2D eigenvalue weighted by atomic mass is 10.3. The summed E-state index contributed by atoms with van der Waals surface area (Å²) in [4.78, 5) is 31.7. The largest absolute Gasteiger partial charge is 0.439 e. The molecule has 0 saturated heterocycles. The average molecular weight is 571 g/mol. The lowest BCUT2D eigenvalue weighted by Crippen LogP contribution is -1.86. The van der Waals surface area contributed by atoms with Crippen molar-refractivity contribution in [2.45, 2.75) is 19.1 Å². The van der Waals surface area contributed by atoms with E-state index in [9.17, 15) is 20.2 Å². The molecule has 0 saturated carbocycles. The van der Waals surface area contributed by atoms with Gasteiger partial charge in [0.05, 0.1) is 15.7 Å². The van der Waals surface area contributed by atoms with Crippen molar-refractivity contribution in [3.63, 3.8) is 0 Å². The minimum absolute atomic E-state index is 0.00748. The number of rotatable bonds is 5. The Kier molecular flexibility index (Phi) is 8.48. The fraction of sp³-hybridized carbons (Fsp3) is 0.125. The van der Waals surface area contributed by atoms with Gasteiger partial charge in [0, 0.05) is 30.0 Å². The molecule has 0 aliphatic rings. The van der Waals surface area contributed by atoms with E-state index in [1.54, 1.807) is 18.2 Å². The fourth-order valence-electron chi connectivity index (χ4n) is 3.34. The predicted molar refractivity (Wildman–Crippen MR) is 141 cm³/mol. The first-order chi connectivity index (χ1) is 19.2. The number of hydrogen-bond donors (Lipinski definition) is 3. The van der Waals surface area contributed by atoms with Crippen LogP contribution in [0.5, 0.6) is 0 Å². The van der Waals surface area contributed by atoms with Gasteiger partial charge in [-0.3, -0.25) is 20.2 Å². The van der Waals surface area contributed by atoms with Crippen LogP contribution >= 0.6 is 11.6 Å². The quantitative estimate of drug-likeness (QED) is 0.111. The number of nitrogens with two attached hydrogens (primary N) is 1. The van der Waals surface area contributed by atoms with Crippen LogP contribution in [0.2, 0.25) is 0 Å². The van der Waals surface area contributed by atoms with Crippen LogP contribution in [0.15, 0.2) is 67.8 Å². The number of oxazole rings is 3. The summed E-state index contributed by atoms with van der Waals surface area (Å²) < 4.78 is 15.4. The molecule has 3 aromatic heterocycles. The number of hydrogen-bond acceptors (Lipinski definition) is 13. The van der Waals surface area contributed by atoms with E-state index in [0.717, 1.165) is 0 Å². The summed E-state index contributed by atoms with van der Waals surface area (Å²) in [7, 11) is 0. The van der Waals surface area contributed by atoms with Gasteiger partial charge in [-0.2, -0.15) is 0 Å². The molecule has 16 heteroatoms. The van der Waals surface area contributed by atoms with Gasteiger partial charge < -0.3 is 29.2 Å². The van der Waals surface area contributed by atoms with Crippen LogP contribution < -0.4 is 5.73 Å². The number of aliphatic hydroxyl groups is 2. The van der Waals surface area contributed by atoms with Crippen molar-refractivity contribution in [3.8, 4) is 0 Å². The van der Waals surface area contributed by atoms with Gasteiger partial charge in [0.2, 0.25) is 17.7 Å². The van der Waals surface area contributed by atoms with Crippen molar-refractivity contribution in [2.24, 2.45) is 0 Å². The van der Waals surface area contributed by atoms with Gasteiger partial charge in [-0.15, -0.1) is 11.6 Å². The molecule has 0 spiro atoms. The molecular weight excluding hydrogens is 552 g/mol. The first-order valence-electron chi connectivity index (χ1n) is 11.2. The van der Waals surface area contributed by atoms with E-state index in [-0.39, 0.29) is 36.4 Å².